The van der Waals surface area contributed by atoms with E-state index in [0.29, 0.717) is 20.8 Å². The first kappa shape index (κ1) is 15.6. The summed E-state index contributed by atoms with van der Waals surface area (Å²) in [5, 5.41) is 3.32. The molecule has 0 aliphatic rings. The van der Waals surface area contributed by atoms with Crippen LogP contribution in [0.5, 0.6) is 0 Å². The highest BCUT2D eigenvalue weighted by Gasteiger charge is 2.14. The van der Waals surface area contributed by atoms with Crippen LogP contribution in [-0.2, 0) is 0 Å². The number of amides is 1. The quantitative estimate of drug-likeness (QED) is 0.553. The van der Waals surface area contributed by atoms with E-state index in [1.54, 1.807) is 18.2 Å². The lowest BCUT2D eigenvalue weighted by Gasteiger charge is -2.04. The maximum Gasteiger partial charge on any atom is 0.258 e. The Morgan fingerprint density at radius 1 is 1.23 bits per heavy atom. The Balaban J connectivity index is 1.92. The normalized spacial score (nSPS) is 10.9. The van der Waals surface area contributed by atoms with Gasteiger partial charge < -0.3 is 0 Å². The van der Waals surface area contributed by atoms with Gasteiger partial charge in [-0.3, -0.25) is 10.1 Å². The number of hydrogen-bond donors (Lipinski definition) is 1. The van der Waals surface area contributed by atoms with Gasteiger partial charge in [0.25, 0.3) is 5.91 Å². The Kier molecular flexibility index (Phi) is 4.28. The summed E-state index contributed by atoms with van der Waals surface area (Å²) >= 11 is 8.97. The first-order valence-electron chi connectivity index (χ1n) is 5.96. The molecule has 3 rings (SSSR count). The molecular weight excluding hydrogens is 445 g/mol. The van der Waals surface area contributed by atoms with Crippen LogP contribution >= 0.6 is 45.5 Å². The molecule has 0 radical (unpaired) electrons. The molecular formula is C14H6ClF2IN2OS. The van der Waals surface area contributed by atoms with Crippen molar-refractivity contribution in [3.63, 3.8) is 0 Å². The second kappa shape index (κ2) is 6.05. The number of fused-ring (bicyclic) bond motifs is 1. The van der Waals surface area contributed by atoms with Crippen molar-refractivity contribution in [3.8, 4) is 0 Å². The zero-order chi connectivity index (χ0) is 15.9. The standard InChI is InChI=1S/C14H6ClF2IN2OS/c15-6-1-2-10(18)7(3-6)13(21)20-14-19-11-4-8(16)9(17)5-12(11)22-14/h1-5H,(H,19,20,21). The molecule has 22 heavy (non-hydrogen) atoms. The van der Waals surface area contributed by atoms with Crippen LogP contribution in [0.3, 0.4) is 0 Å². The van der Waals surface area contributed by atoms with Crippen molar-refractivity contribution in [2.24, 2.45) is 0 Å². The van der Waals surface area contributed by atoms with Gasteiger partial charge in [0.1, 0.15) is 0 Å². The number of hydrogen-bond acceptors (Lipinski definition) is 3. The summed E-state index contributed by atoms with van der Waals surface area (Å²) in [5.74, 6) is -2.30. The molecule has 1 N–H and O–H groups in total. The van der Waals surface area contributed by atoms with E-state index in [1.165, 1.54) is 0 Å². The predicted octanol–water partition coefficient (Wildman–Crippen LogP) is 5.08. The van der Waals surface area contributed by atoms with E-state index >= 15 is 0 Å². The highest BCUT2D eigenvalue weighted by Crippen LogP contribution is 2.28. The van der Waals surface area contributed by atoms with Crippen LogP contribution in [0.4, 0.5) is 13.9 Å². The number of nitrogens with one attached hydrogen (secondary N) is 1. The molecule has 112 valence electrons. The Morgan fingerprint density at radius 2 is 1.95 bits per heavy atom. The SMILES string of the molecule is O=C(Nc1nc2cc(F)c(F)cc2s1)c1cc(Cl)ccc1I. The number of carbonyl (C=O) groups excluding carboxylic acids is 1. The molecule has 0 spiro atoms. The largest absolute Gasteiger partial charge is 0.298 e. The lowest BCUT2D eigenvalue weighted by Crippen LogP contribution is -2.13. The minimum Gasteiger partial charge on any atom is -0.298 e. The molecule has 0 aliphatic carbocycles. The smallest absolute Gasteiger partial charge is 0.258 e. The lowest BCUT2D eigenvalue weighted by molar-refractivity contribution is 0.102. The highest BCUT2D eigenvalue weighted by molar-refractivity contribution is 14.1. The molecule has 8 heteroatoms. The monoisotopic (exact) mass is 450 g/mol. The minimum absolute atomic E-state index is 0.265. The fourth-order valence-electron chi connectivity index (χ4n) is 1.81. The number of rotatable bonds is 2. The number of thiazole rings is 1. The average Bonchev–Trinajstić information content (AvgIpc) is 2.83. The summed E-state index contributed by atoms with van der Waals surface area (Å²) in [7, 11) is 0. The van der Waals surface area contributed by atoms with Gasteiger partial charge in [-0.15, -0.1) is 0 Å². The van der Waals surface area contributed by atoms with Crippen LogP contribution in [0, 0.1) is 15.2 Å². The molecule has 3 aromatic rings. The molecule has 0 atom stereocenters. The van der Waals surface area contributed by atoms with Crippen LogP contribution < -0.4 is 5.32 Å². The molecule has 0 fully saturated rings. The summed E-state index contributed by atoms with van der Waals surface area (Å²) in [6.07, 6.45) is 0. The van der Waals surface area contributed by atoms with Crippen LogP contribution in [0.2, 0.25) is 5.02 Å². The molecule has 0 unspecified atom stereocenters. The molecule has 0 saturated carbocycles. The van der Waals surface area contributed by atoms with Gasteiger partial charge >= 0.3 is 0 Å². The fraction of sp³-hybridized carbons (Fsp3) is 0. The third-order valence-electron chi connectivity index (χ3n) is 2.82. The van der Waals surface area contributed by atoms with E-state index in [2.05, 4.69) is 10.3 Å². The zero-order valence-electron chi connectivity index (χ0n) is 10.7. The van der Waals surface area contributed by atoms with Crippen molar-refractivity contribution in [3.05, 3.63) is 56.1 Å². The molecule has 2 aromatic carbocycles. The van der Waals surface area contributed by atoms with E-state index < -0.39 is 11.6 Å². The first-order valence-corrected chi connectivity index (χ1v) is 8.23. The van der Waals surface area contributed by atoms with Crippen LogP contribution in [-0.4, -0.2) is 10.9 Å². The maximum absolute atomic E-state index is 13.2. The summed E-state index contributed by atoms with van der Waals surface area (Å²) < 4.78 is 27.5. The van der Waals surface area contributed by atoms with Crippen molar-refractivity contribution in [1.29, 1.82) is 0 Å². The van der Waals surface area contributed by atoms with Gasteiger partial charge in [0.15, 0.2) is 16.8 Å². The molecule has 1 amide bonds. The molecule has 0 bridgehead atoms. The topological polar surface area (TPSA) is 42.0 Å². The third-order valence-corrected chi connectivity index (χ3v) is 4.93. The Hall–Kier alpha value is -1.32. The van der Waals surface area contributed by atoms with E-state index in [9.17, 15) is 13.6 Å². The van der Waals surface area contributed by atoms with Crippen molar-refractivity contribution < 1.29 is 13.6 Å². The van der Waals surface area contributed by atoms with E-state index in [4.69, 9.17) is 11.6 Å². The zero-order valence-corrected chi connectivity index (χ0v) is 14.4. The number of aromatic nitrogens is 1. The van der Waals surface area contributed by atoms with E-state index in [-0.39, 0.29) is 11.0 Å². The number of benzene rings is 2. The third kappa shape index (κ3) is 3.06. The van der Waals surface area contributed by atoms with Crippen LogP contribution in [0.15, 0.2) is 30.3 Å². The highest BCUT2D eigenvalue weighted by atomic mass is 127. The number of halogens is 4. The molecule has 0 saturated heterocycles. The van der Waals surface area contributed by atoms with Gasteiger partial charge in [-0.05, 0) is 46.9 Å². The van der Waals surface area contributed by atoms with Crippen molar-refractivity contribution in [1.82, 2.24) is 4.98 Å². The van der Waals surface area contributed by atoms with Crippen molar-refractivity contribution in [2.45, 2.75) is 0 Å². The Labute approximate surface area is 146 Å². The van der Waals surface area contributed by atoms with Gasteiger partial charge in [0, 0.05) is 14.7 Å². The van der Waals surface area contributed by atoms with E-state index in [1.807, 2.05) is 22.6 Å². The maximum atomic E-state index is 13.2. The predicted molar refractivity (Wildman–Crippen MR) is 91.7 cm³/mol. The lowest BCUT2D eigenvalue weighted by atomic mass is 10.2. The average molecular weight is 451 g/mol. The van der Waals surface area contributed by atoms with Crippen molar-refractivity contribution in [2.75, 3.05) is 5.32 Å². The minimum atomic E-state index is -0.972. The van der Waals surface area contributed by atoms with Gasteiger partial charge in [-0.1, -0.05) is 22.9 Å². The molecule has 0 aliphatic heterocycles. The van der Waals surface area contributed by atoms with Gasteiger partial charge in [-0.25, -0.2) is 13.8 Å². The second-order valence-corrected chi connectivity index (χ2v) is 6.96. The van der Waals surface area contributed by atoms with Gasteiger partial charge in [0.2, 0.25) is 0 Å². The van der Waals surface area contributed by atoms with E-state index in [0.717, 1.165) is 27.0 Å². The number of nitrogens with zero attached hydrogens (tertiary/aromatic N) is 1. The Bertz CT molecular complexity index is 861. The molecule has 1 heterocycles. The number of anilines is 1. The molecule has 1 aromatic heterocycles. The summed E-state index contributed by atoms with van der Waals surface area (Å²) in [5.41, 5.74) is 0.699. The van der Waals surface area contributed by atoms with Gasteiger partial charge in [-0.2, -0.15) is 0 Å². The number of carbonyl (C=O) groups is 1. The first-order chi connectivity index (χ1) is 10.4. The van der Waals surface area contributed by atoms with Crippen molar-refractivity contribution >= 4 is 66.8 Å². The summed E-state index contributed by atoms with van der Waals surface area (Å²) in [6.45, 7) is 0. The summed E-state index contributed by atoms with van der Waals surface area (Å²) in [4.78, 5) is 16.3. The molecule has 3 nitrogen and oxygen atoms in total. The Morgan fingerprint density at radius 3 is 2.73 bits per heavy atom. The fourth-order valence-corrected chi connectivity index (χ4v) is 3.43. The van der Waals surface area contributed by atoms with Crippen LogP contribution in [0.1, 0.15) is 10.4 Å². The van der Waals surface area contributed by atoms with Gasteiger partial charge in [0.05, 0.1) is 15.8 Å². The second-order valence-electron chi connectivity index (χ2n) is 4.33. The van der Waals surface area contributed by atoms with Crippen LogP contribution in [0.25, 0.3) is 10.2 Å². The summed E-state index contributed by atoms with van der Waals surface area (Å²) in [6, 6.07) is 7.01.